The van der Waals surface area contributed by atoms with Crippen LogP contribution in [0, 0.1) is 13.8 Å². The van der Waals surface area contributed by atoms with Gasteiger partial charge in [-0.05, 0) is 105 Å². The molecule has 0 atom stereocenters. The van der Waals surface area contributed by atoms with E-state index < -0.39 is 0 Å². The maximum Gasteiger partial charge on any atom is 0.130 e. The van der Waals surface area contributed by atoms with Crippen LogP contribution in [0.15, 0.2) is 219 Å². The van der Waals surface area contributed by atoms with E-state index in [1.807, 2.05) is 55.0 Å². The second-order valence-corrected chi connectivity index (χ2v) is 16.1. The molecule has 10 aromatic rings. The highest BCUT2D eigenvalue weighted by molar-refractivity contribution is 5.95. The molecule has 0 aliphatic heterocycles. The highest BCUT2D eigenvalue weighted by atomic mass is 16.5. The van der Waals surface area contributed by atoms with Crippen molar-refractivity contribution in [1.29, 1.82) is 0 Å². The summed E-state index contributed by atoms with van der Waals surface area (Å²) in [6.07, 6.45) is 6.00. The van der Waals surface area contributed by atoms with Crippen molar-refractivity contribution in [2.75, 3.05) is 7.11 Å². The van der Waals surface area contributed by atoms with Gasteiger partial charge in [-0.2, -0.15) is 0 Å². The Kier molecular flexibility index (Phi) is 11.0. The van der Waals surface area contributed by atoms with E-state index in [2.05, 4.69) is 178 Å². The quantitative estimate of drug-likeness (QED) is 0.138. The van der Waals surface area contributed by atoms with Crippen LogP contribution in [-0.4, -0.2) is 22.1 Å². The first-order chi connectivity index (χ1) is 31.5. The molecule has 4 heteroatoms. The number of rotatable bonds is 10. The molecule has 0 saturated carbocycles. The number of aryl methyl sites for hydroxylation is 2. The fraction of sp³-hybridized carbons (Fsp3) is 0.0500. The van der Waals surface area contributed by atoms with E-state index in [-0.39, 0.29) is 0 Å². The summed E-state index contributed by atoms with van der Waals surface area (Å²) in [5.74, 6) is 0.761. The minimum absolute atomic E-state index is 0.761. The summed E-state index contributed by atoms with van der Waals surface area (Å²) in [6.45, 7) is 4.36. The summed E-state index contributed by atoms with van der Waals surface area (Å²) in [7, 11) is 1.73. The maximum atomic E-state index is 6.11. The molecule has 0 aliphatic rings. The fourth-order valence-corrected chi connectivity index (χ4v) is 8.79. The van der Waals surface area contributed by atoms with Crippen LogP contribution in [0.3, 0.4) is 0 Å². The minimum Gasteiger partial charge on any atom is -0.496 e. The van der Waals surface area contributed by atoms with Gasteiger partial charge < -0.3 is 4.74 Å². The molecule has 0 fully saturated rings. The van der Waals surface area contributed by atoms with Crippen molar-refractivity contribution in [1.82, 2.24) is 15.0 Å². The van der Waals surface area contributed by atoms with Gasteiger partial charge in [0.2, 0.25) is 0 Å². The molecule has 4 nitrogen and oxygen atoms in total. The van der Waals surface area contributed by atoms with Gasteiger partial charge in [0.25, 0.3) is 0 Å². The second kappa shape index (κ2) is 17.6. The topological polar surface area (TPSA) is 47.9 Å². The zero-order valence-electron chi connectivity index (χ0n) is 36.0. The van der Waals surface area contributed by atoms with Crippen LogP contribution in [0.2, 0.25) is 0 Å². The first-order valence-corrected chi connectivity index (χ1v) is 21.6. The SMILES string of the molecule is COc1cc(-c2ccccc2)ncc1-c1ccccc1-c1cc(-c2ccccc2-c2cnc(-c3ccccc3)cc2C)cc(-c2ccccc2-c2cnc(-c3ccccc3)cc2C)c1. The van der Waals surface area contributed by atoms with E-state index in [1.165, 1.54) is 0 Å². The van der Waals surface area contributed by atoms with Gasteiger partial charge in [0.05, 0.1) is 24.2 Å². The molecule has 306 valence electrons. The lowest BCUT2D eigenvalue weighted by atomic mass is 9.85. The van der Waals surface area contributed by atoms with Crippen molar-refractivity contribution in [2.24, 2.45) is 0 Å². The van der Waals surface area contributed by atoms with Gasteiger partial charge in [-0.25, -0.2) is 0 Å². The van der Waals surface area contributed by atoms with Gasteiger partial charge in [0.15, 0.2) is 0 Å². The third-order valence-corrected chi connectivity index (χ3v) is 12.0. The smallest absolute Gasteiger partial charge is 0.130 e. The number of pyridine rings is 3. The highest BCUT2D eigenvalue weighted by Crippen LogP contribution is 2.44. The van der Waals surface area contributed by atoms with Crippen molar-refractivity contribution in [3.8, 4) is 106 Å². The van der Waals surface area contributed by atoms with E-state index >= 15 is 0 Å². The standard InChI is InChI=1S/C60H45N3O/c1-40-31-57(42-19-7-4-8-20-42)61-37-54(40)51-28-16-13-25-48(51)45-33-46(49-26-14-17-29-52(49)55-38-62-58(32-41(55)2)43-21-9-5-10-22-43)35-47(34-45)50-27-15-18-30-53(50)56-39-63-59(36-60(56)64-3)44-23-11-6-12-24-44/h4-39H,1-3H3. The van der Waals surface area contributed by atoms with Gasteiger partial charge in [-0.1, -0.05) is 164 Å². The lowest BCUT2D eigenvalue weighted by molar-refractivity contribution is 0.416. The first-order valence-electron chi connectivity index (χ1n) is 21.6. The van der Waals surface area contributed by atoms with Crippen LogP contribution in [0.5, 0.6) is 5.75 Å². The second-order valence-electron chi connectivity index (χ2n) is 16.1. The van der Waals surface area contributed by atoms with Gasteiger partial charge in [-0.15, -0.1) is 0 Å². The summed E-state index contributed by atoms with van der Waals surface area (Å²) in [6, 6.07) is 70.3. The van der Waals surface area contributed by atoms with Gasteiger partial charge in [0.1, 0.15) is 5.75 Å². The molecule has 3 aromatic heterocycles. The van der Waals surface area contributed by atoms with Crippen molar-refractivity contribution in [3.05, 3.63) is 230 Å². The number of hydrogen-bond donors (Lipinski definition) is 0. The molecule has 0 amide bonds. The molecule has 0 unspecified atom stereocenters. The summed E-state index contributed by atoms with van der Waals surface area (Å²) < 4.78 is 6.11. The number of methoxy groups -OCH3 is 1. The first kappa shape index (κ1) is 39.9. The van der Waals surface area contributed by atoms with Crippen molar-refractivity contribution < 1.29 is 4.74 Å². The molecule has 7 aromatic carbocycles. The highest BCUT2D eigenvalue weighted by Gasteiger charge is 2.20. The van der Waals surface area contributed by atoms with Crippen molar-refractivity contribution in [2.45, 2.75) is 13.8 Å². The molecule has 0 radical (unpaired) electrons. The zero-order chi connectivity index (χ0) is 43.4. The van der Waals surface area contributed by atoms with Gasteiger partial charge in [-0.3, -0.25) is 15.0 Å². The molecular weight excluding hydrogens is 779 g/mol. The Morgan fingerprint density at radius 2 is 0.578 bits per heavy atom. The fourth-order valence-electron chi connectivity index (χ4n) is 8.79. The number of aromatic nitrogens is 3. The average molecular weight is 824 g/mol. The molecule has 0 saturated heterocycles. The minimum atomic E-state index is 0.761. The van der Waals surface area contributed by atoms with Crippen LogP contribution < -0.4 is 4.74 Å². The number of nitrogens with zero attached hydrogens (tertiary/aromatic N) is 3. The normalized spacial score (nSPS) is 11.0. The van der Waals surface area contributed by atoms with Gasteiger partial charge >= 0.3 is 0 Å². The Bertz CT molecular complexity index is 3120. The van der Waals surface area contributed by atoms with Crippen LogP contribution in [0.1, 0.15) is 11.1 Å². The Labute approximate surface area is 375 Å². The predicted octanol–water partition coefficient (Wildman–Crippen LogP) is 15.5. The molecule has 0 spiro atoms. The van der Waals surface area contributed by atoms with Crippen molar-refractivity contribution >= 4 is 0 Å². The monoisotopic (exact) mass is 823 g/mol. The predicted molar refractivity (Wildman–Crippen MR) is 265 cm³/mol. The molecule has 3 heterocycles. The Morgan fingerprint density at radius 1 is 0.281 bits per heavy atom. The average Bonchev–Trinajstić information content (AvgIpc) is 3.37. The molecule has 10 rings (SSSR count). The number of benzene rings is 7. The van der Waals surface area contributed by atoms with E-state index in [0.717, 1.165) is 117 Å². The van der Waals surface area contributed by atoms with Crippen molar-refractivity contribution in [3.63, 3.8) is 0 Å². The Hall–Kier alpha value is -8.21. The van der Waals surface area contributed by atoms with Crippen LogP contribution in [-0.2, 0) is 0 Å². The van der Waals surface area contributed by atoms with E-state index in [1.54, 1.807) is 7.11 Å². The molecular formula is C60H45N3O. The summed E-state index contributed by atoms with van der Waals surface area (Å²) in [5.41, 5.74) is 21.3. The van der Waals surface area contributed by atoms with E-state index in [0.29, 0.717) is 0 Å². The number of ether oxygens (including phenoxy) is 1. The molecule has 0 aliphatic carbocycles. The van der Waals surface area contributed by atoms with E-state index in [4.69, 9.17) is 19.7 Å². The lowest BCUT2D eigenvalue weighted by Gasteiger charge is -2.19. The molecule has 0 bridgehead atoms. The van der Waals surface area contributed by atoms with Crippen LogP contribution >= 0.6 is 0 Å². The molecule has 0 N–H and O–H groups in total. The lowest BCUT2D eigenvalue weighted by Crippen LogP contribution is -1.96. The third-order valence-electron chi connectivity index (χ3n) is 12.0. The maximum absolute atomic E-state index is 6.11. The number of hydrogen-bond acceptors (Lipinski definition) is 4. The Morgan fingerprint density at radius 3 is 0.922 bits per heavy atom. The third kappa shape index (κ3) is 7.90. The summed E-state index contributed by atoms with van der Waals surface area (Å²) in [4.78, 5) is 15.0. The Balaban J connectivity index is 1.16. The summed E-state index contributed by atoms with van der Waals surface area (Å²) >= 11 is 0. The summed E-state index contributed by atoms with van der Waals surface area (Å²) in [5, 5.41) is 0. The zero-order valence-corrected chi connectivity index (χ0v) is 36.0. The largest absolute Gasteiger partial charge is 0.496 e. The van der Waals surface area contributed by atoms with Crippen LogP contribution in [0.25, 0.3) is 101 Å². The van der Waals surface area contributed by atoms with E-state index in [9.17, 15) is 0 Å². The van der Waals surface area contributed by atoms with Crippen LogP contribution in [0.4, 0.5) is 0 Å². The molecule has 64 heavy (non-hydrogen) atoms. The van der Waals surface area contributed by atoms with Gasteiger partial charge in [0, 0.05) is 58.0 Å².